The molecular weight excluding hydrogens is 355 g/mol. The molecule has 2 aromatic carbocycles. The van der Waals surface area contributed by atoms with Crippen molar-refractivity contribution in [3.8, 4) is 5.75 Å². The Morgan fingerprint density at radius 2 is 1.93 bits per heavy atom. The number of nitrogen functional groups attached to an aromatic ring is 1. The summed E-state index contributed by atoms with van der Waals surface area (Å²) in [5.41, 5.74) is 6.83. The third-order valence-electron chi connectivity index (χ3n) is 3.47. The molecule has 0 aliphatic carbocycles. The lowest BCUT2D eigenvalue weighted by Gasteiger charge is -2.09. The fraction of sp³-hybridized carbons (Fsp3) is 0.118. The van der Waals surface area contributed by atoms with E-state index in [4.69, 9.17) is 10.5 Å². The zero-order chi connectivity index (χ0) is 19.4. The van der Waals surface area contributed by atoms with E-state index >= 15 is 0 Å². The molecule has 0 aliphatic heterocycles. The van der Waals surface area contributed by atoms with Crippen LogP contribution in [0.15, 0.2) is 42.5 Å². The molecule has 0 amide bonds. The lowest BCUT2D eigenvalue weighted by Crippen LogP contribution is -2.10. The number of ether oxygens (including phenoxy) is 1. The monoisotopic (exact) mass is 370 g/mol. The number of nitrogens with two attached hydrogens (primary N) is 1. The first kappa shape index (κ1) is 18.0. The molecule has 1 heterocycles. The van der Waals surface area contributed by atoms with E-state index in [1.54, 1.807) is 13.0 Å². The second-order valence-electron chi connectivity index (χ2n) is 5.58. The molecule has 0 atom stereocenters. The van der Waals surface area contributed by atoms with Crippen molar-refractivity contribution in [1.82, 2.24) is 15.0 Å². The lowest BCUT2D eigenvalue weighted by molar-refractivity contribution is -0.386. The van der Waals surface area contributed by atoms with Crippen LogP contribution in [0.25, 0.3) is 0 Å². The first-order valence-electron chi connectivity index (χ1n) is 7.81. The average molecular weight is 370 g/mol. The average Bonchev–Trinajstić information content (AvgIpc) is 2.62. The second kappa shape index (κ2) is 7.60. The highest BCUT2D eigenvalue weighted by molar-refractivity contribution is 5.53. The van der Waals surface area contributed by atoms with E-state index in [1.165, 1.54) is 36.4 Å². The number of aryl methyl sites for hydroxylation is 1. The van der Waals surface area contributed by atoms with Crippen molar-refractivity contribution < 1.29 is 14.1 Å². The number of nitro groups is 1. The van der Waals surface area contributed by atoms with Crippen molar-refractivity contribution in [2.24, 2.45) is 0 Å². The maximum atomic E-state index is 13.0. The molecule has 3 aromatic rings. The van der Waals surface area contributed by atoms with Gasteiger partial charge in [0.1, 0.15) is 12.4 Å². The number of nitro benzene ring substituents is 1. The molecular formula is C17H15FN6O3. The zero-order valence-corrected chi connectivity index (χ0v) is 14.2. The van der Waals surface area contributed by atoms with E-state index in [0.717, 1.165) is 5.56 Å². The van der Waals surface area contributed by atoms with Crippen molar-refractivity contribution in [3.05, 3.63) is 69.8 Å². The SMILES string of the molecule is Cc1ccc(OCc2nc(N)nc(Nc3ccc(F)cc3)n2)c([N+](=O)[O-])c1. The Hall–Kier alpha value is -3.82. The smallest absolute Gasteiger partial charge is 0.311 e. The number of hydrogen-bond acceptors (Lipinski definition) is 8. The van der Waals surface area contributed by atoms with Crippen LogP contribution in [0.3, 0.4) is 0 Å². The second-order valence-corrected chi connectivity index (χ2v) is 5.58. The first-order chi connectivity index (χ1) is 12.9. The van der Waals surface area contributed by atoms with Gasteiger partial charge in [-0.05, 0) is 42.8 Å². The van der Waals surface area contributed by atoms with Crippen molar-refractivity contribution in [3.63, 3.8) is 0 Å². The summed E-state index contributed by atoms with van der Waals surface area (Å²) in [5, 5.41) is 14.0. The first-order valence-corrected chi connectivity index (χ1v) is 7.81. The summed E-state index contributed by atoms with van der Waals surface area (Å²) in [4.78, 5) is 22.7. The number of rotatable bonds is 6. The maximum Gasteiger partial charge on any atom is 0.311 e. The molecule has 0 radical (unpaired) electrons. The maximum absolute atomic E-state index is 13.0. The molecule has 3 rings (SSSR count). The van der Waals surface area contributed by atoms with Gasteiger partial charge >= 0.3 is 5.69 Å². The van der Waals surface area contributed by atoms with E-state index in [-0.39, 0.29) is 41.6 Å². The number of anilines is 3. The molecule has 0 unspecified atom stereocenters. The standard InChI is InChI=1S/C17H15FN6O3/c1-10-2-7-14(13(8-10)24(25)26)27-9-15-21-16(19)23-17(22-15)20-12-5-3-11(18)4-6-12/h2-8H,9H2,1H3,(H3,19,20,21,22,23). The Balaban J connectivity index is 1.77. The van der Waals surface area contributed by atoms with Crippen LogP contribution in [0.1, 0.15) is 11.4 Å². The van der Waals surface area contributed by atoms with Crippen LogP contribution >= 0.6 is 0 Å². The highest BCUT2D eigenvalue weighted by Crippen LogP contribution is 2.28. The summed E-state index contributed by atoms with van der Waals surface area (Å²) in [6.45, 7) is 1.60. The summed E-state index contributed by atoms with van der Waals surface area (Å²) in [7, 11) is 0. The van der Waals surface area contributed by atoms with Crippen LogP contribution in [-0.2, 0) is 6.61 Å². The Bertz CT molecular complexity index is 981. The van der Waals surface area contributed by atoms with Gasteiger partial charge in [-0.1, -0.05) is 6.07 Å². The van der Waals surface area contributed by atoms with Crippen LogP contribution in [0.5, 0.6) is 5.75 Å². The van der Waals surface area contributed by atoms with Crippen molar-refractivity contribution in [2.75, 3.05) is 11.1 Å². The summed E-state index contributed by atoms with van der Waals surface area (Å²) < 4.78 is 18.5. The summed E-state index contributed by atoms with van der Waals surface area (Å²) in [5.74, 6) is 0.00170. The van der Waals surface area contributed by atoms with Gasteiger partial charge in [0.05, 0.1) is 4.92 Å². The van der Waals surface area contributed by atoms with E-state index in [2.05, 4.69) is 20.3 Å². The number of halogens is 1. The highest BCUT2D eigenvalue weighted by Gasteiger charge is 2.16. The molecule has 27 heavy (non-hydrogen) atoms. The molecule has 138 valence electrons. The largest absolute Gasteiger partial charge is 0.479 e. The molecule has 0 fully saturated rings. The van der Waals surface area contributed by atoms with Crippen molar-refractivity contribution >= 4 is 23.3 Å². The Labute approximate surface area is 153 Å². The molecule has 0 spiro atoms. The Kier molecular flexibility index (Phi) is 5.06. The van der Waals surface area contributed by atoms with Crippen LogP contribution < -0.4 is 15.8 Å². The predicted octanol–water partition coefficient (Wildman–Crippen LogP) is 3.13. The topological polar surface area (TPSA) is 129 Å². The van der Waals surface area contributed by atoms with Crippen LogP contribution in [-0.4, -0.2) is 19.9 Å². The molecule has 0 aliphatic rings. The lowest BCUT2D eigenvalue weighted by atomic mass is 10.2. The molecule has 0 bridgehead atoms. The molecule has 10 heteroatoms. The van der Waals surface area contributed by atoms with Gasteiger partial charge in [-0.25, -0.2) is 4.39 Å². The van der Waals surface area contributed by atoms with Gasteiger partial charge in [0.2, 0.25) is 11.9 Å². The van der Waals surface area contributed by atoms with E-state index in [1.807, 2.05) is 0 Å². The summed E-state index contributed by atoms with van der Waals surface area (Å²) in [6.07, 6.45) is 0. The third-order valence-corrected chi connectivity index (χ3v) is 3.47. The number of hydrogen-bond donors (Lipinski definition) is 2. The minimum Gasteiger partial charge on any atom is -0.479 e. The molecule has 1 aromatic heterocycles. The van der Waals surface area contributed by atoms with Gasteiger partial charge in [-0.3, -0.25) is 10.1 Å². The van der Waals surface area contributed by atoms with Crippen LogP contribution in [0.2, 0.25) is 0 Å². The Morgan fingerprint density at radius 3 is 2.63 bits per heavy atom. The quantitative estimate of drug-likeness (QED) is 0.500. The van der Waals surface area contributed by atoms with Gasteiger partial charge in [0.25, 0.3) is 0 Å². The van der Waals surface area contributed by atoms with Gasteiger partial charge in [-0.15, -0.1) is 0 Å². The Morgan fingerprint density at radius 1 is 1.19 bits per heavy atom. The third kappa shape index (κ3) is 4.63. The summed E-state index contributed by atoms with van der Waals surface area (Å²) >= 11 is 0. The highest BCUT2D eigenvalue weighted by atomic mass is 19.1. The molecule has 3 N–H and O–H groups in total. The minimum absolute atomic E-state index is 0.0494. The minimum atomic E-state index is -0.522. The number of nitrogens with one attached hydrogen (secondary N) is 1. The number of benzene rings is 2. The number of aromatic nitrogens is 3. The van der Waals surface area contributed by atoms with Crippen LogP contribution in [0, 0.1) is 22.9 Å². The molecule has 9 nitrogen and oxygen atoms in total. The molecule has 0 saturated carbocycles. The van der Waals surface area contributed by atoms with Crippen molar-refractivity contribution in [1.29, 1.82) is 0 Å². The van der Waals surface area contributed by atoms with Gasteiger partial charge in [0, 0.05) is 11.8 Å². The normalized spacial score (nSPS) is 10.4. The van der Waals surface area contributed by atoms with Gasteiger partial charge < -0.3 is 15.8 Å². The molecule has 0 saturated heterocycles. The van der Waals surface area contributed by atoms with E-state index in [0.29, 0.717) is 5.69 Å². The predicted molar refractivity (Wildman–Crippen MR) is 96.1 cm³/mol. The van der Waals surface area contributed by atoms with Gasteiger partial charge in [0.15, 0.2) is 11.6 Å². The van der Waals surface area contributed by atoms with E-state index in [9.17, 15) is 14.5 Å². The zero-order valence-electron chi connectivity index (χ0n) is 14.2. The fourth-order valence-corrected chi connectivity index (χ4v) is 2.26. The van der Waals surface area contributed by atoms with Crippen molar-refractivity contribution in [2.45, 2.75) is 13.5 Å². The van der Waals surface area contributed by atoms with Gasteiger partial charge in [-0.2, -0.15) is 15.0 Å². The van der Waals surface area contributed by atoms with Crippen LogP contribution in [0.4, 0.5) is 27.7 Å². The van der Waals surface area contributed by atoms with E-state index < -0.39 is 4.92 Å². The number of nitrogens with zero attached hydrogens (tertiary/aromatic N) is 4. The summed E-state index contributed by atoms with van der Waals surface area (Å²) in [6, 6.07) is 10.2. The fourth-order valence-electron chi connectivity index (χ4n) is 2.26.